The molecule has 0 spiro atoms. The minimum atomic E-state index is -0.342. The zero-order chi connectivity index (χ0) is 15.2. The highest BCUT2D eigenvalue weighted by Gasteiger charge is 2.02. The van der Waals surface area contributed by atoms with Crippen molar-refractivity contribution in [2.75, 3.05) is 5.43 Å². The lowest BCUT2D eigenvalue weighted by Crippen LogP contribution is -2.00. The van der Waals surface area contributed by atoms with Gasteiger partial charge in [-0.2, -0.15) is 10.2 Å². The molecule has 22 heavy (non-hydrogen) atoms. The minimum absolute atomic E-state index is 0.244. The number of halogens is 1. The first kappa shape index (κ1) is 13.8. The molecular formula is C16H12FN5. The number of anilines is 1. The van der Waals surface area contributed by atoms with E-state index in [2.05, 4.69) is 25.7 Å². The van der Waals surface area contributed by atoms with Crippen LogP contribution in [0.4, 0.5) is 10.3 Å². The molecule has 108 valence electrons. The first-order valence-corrected chi connectivity index (χ1v) is 6.62. The largest absolute Gasteiger partial charge is 0.263 e. The van der Waals surface area contributed by atoms with Crippen LogP contribution in [0.5, 0.6) is 0 Å². The molecule has 5 nitrogen and oxygen atoms in total. The molecule has 0 bridgehead atoms. The van der Waals surface area contributed by atoms with Crippen LogP contribution in [0, 0.1) is 5.82 Å². The predicted molar refractivity (Wildman–Crippen MR) is 82.9 cm³/mol. The first-order valence-electron chi connectivity index (χ1n) is 6.62. The van der Waals surface area contributed by atoms with E-state index in [9.17, 15) is 4.39 Å². The molecule has 0 aliphatic heterocycles. The maximum Gasteiger partial charge on any atom is 0.263 e. The van der Waals surface area contributed by atoms with Gasteiger partial charge in [-0.1, -0.05) is 48.5 Å². The summed E-state index contributed by atoms with van der Waals surface area (Å²) in [5.41, 5.74) is 4.63. The number of aromatic nitrogens is 3. The van der Waals surface area contributed by atoms with E-state index in [1.54, 1.807) is 24.4 Å². The highest BCUT2D eigenvalue weighted by Crippen LogP contribution is 2.15. The Morgan fingerprint density at radius 3 is 2.59 bits per heavy atom. The lowest BCUT2D eigenvalue weighted by atomic mass is 10.2. The SMILES string of the molecule is Fc1ccccc1/C=N/Nc1nncc(-c2ccccc2)n1. The number of nitrogens with zero attached hydrogens (tertiary/aromatic N) is 4. The second-order valence-corrected chi connectivity index (χ2v) is 4.42. The van der Waals surface area contributed by atoms with Crippen molar-refractivity contribution in [1.82, 2.24) is 15.2 Å². The molecule has 6 heteroatoms. The monoisotopic (exact) mass is 293 g/mol. The third-order valence-corrected chi connectivity index (χ3v) is 2.90. The van der Waals surface area contributed by atoms with Gasteiger partial charge in [-0.3, -0.25) is 0 Å². The van der Waals surface area contributed by atoms with Gasteiger partial charge < -0.3 is 0 Å². The second kappa shape index (κ2) is 6.53. The number of benzene rings is 2. The van der Waals surface area contributed by atoms with E-state index in [1.807, 2.05) is 30.3 Å². The van der Waals surface area contributed by atoms with Crippen LogP contribution in [-0.2, 0) is 0 Å². The zero-order valence-corrected chi connectivity index (χ0v) is 11.5. The minimum Gasteiger partial charge on any atom is -0.244 e. The average Bonchev–Trinajstić information content (AvgIpc) is 2.58. The molecule has 2 aromatic carbocycles. The van der Waals surface area contributed by atoms with Crippen molar-refractivity contribution in [3.8, 4) is 11.3 Å². The van der Waals surface area contributed by atoms with Crippen molar-refractivity contribution >= 4 is 12.2 Å². The normalized spacial score (nSPS) is 10.8. The Bertz CT molecular complexity index is 789. The Labute approximate surface area is 126 Å². The van der Waals surface area contributed by atoms with Gasteiger partial charge in [0, 0.05) is 11.1 Å². The maximum atomic E-state index is 13.4. The van der Waals surface area contributed by atoms with Gasteiger partial charge in [0.25, 0.3) is 5.95 Å². The van der Waals surface area contributed by atoms with E-state index >= 15 is 0 Å². The van der Waals surface area contributed by atoms with Gasteiger partial charge >= 0.3 is 0 Å². The summed E-state index contributed by atoms with van der Waals surface area (Å²) in [6.07, 6.45) is 2.94. The Kier molecular flexibility index (Phi) is 4.10. The molecular weight excluding hydrogens is 281 g/mol. The number of hydrazone groups is 1. The molecule has 1 heterocycles. The summed E-state index contributed by atoms with van der Waals surface area (Å²) in [6.45, 7) is 0. The van der Waals surface area contributed by atoms with Crippen molar-refractivity contribution in [1.29, 1.82) is 0 Å². The van der Waals surface area contributed by atoms with Gasteiger partial charge in [0.1, 0.15) is 5.82 Å². The average molecular weight is 293 g/mol. The Morgan fingerprint density at radius 2 is 1.77 bits per heavy atom. The summed E-state index contributed by atoms with van der Waals surface area (Å²) in [7, 11) is 0. The van der Waals surface area contributed by atoms with E-state index in [0.29, 0.717) is 11.3 Å². The molecule has 0 radical (unpaired) electrons. The van der Waals surface area contributed by atoms with Gasteiger partial charge in [-0.05, 0) is 6.07 Å². The fourth-order valence-corrected chi connectivity index (χ4v) is 1.84. The summed E-state index contributed by atoms with van der Waals surface area (Å²) in [5.74, 6) is -0.0981. The van der Waals surface area contributed by atoms with Gasteiger partial charge in [0.15, 0.2) is 0 Å². The Balaban J connectivity index is 1.75. The van der Waals surface area contributed by atoms with Crippen LogP contribution in [-0.4, -0.2) is 21.4 Å². The van der Waals surface area contributed by atoms with Crippen LogP contribution in [0.3, 0.4) is 0 Å². The topological polar surface area (TPSA) is 63.1 Å². The van der Waals surface area contributed by atoms with Crippen LogP contribution in [0.15, 0.2) is 65.9 Å². The summed E-state index contributed by atoms with van der Waals surface area (Å²) in [6, 6.07) is 16.0. The van der Waals surface area contributed by atoms with Crippen LogP contribution < -0.4 is 5.43 Å². The highest BCUT2D eigenvalue weighted by molar-refractivity contribution is 5.80. The van der Waals surface area contributed by atoms with Crippen molar-refractivity contribution in [3.63, 3.8) is 0 Å². The van der Waals surface area contributed by atoms with Crippen molar-refractivity contribution in [2.45, 2.75) is 0 Å². The molecule has 1 aromatic heterocycles. The fourth-order valence-electron chi connectivity index (χ4n) is 1.84. The van der Waals surface area contributed by atoms with E-state index in [0.717, 1.165) is 5.56 Å². The van der Waals surface area contributed by atoms with E-state index in [-0.39, 0.29) is 11.8 Å². The van der Waals surface area contributed by atoms with Crippen LogP contribution >= 0.6 is 0 Å². The lowest BCUT2D eigenvalue weighted by Gasteiger charge is -2.02. The molecule has 0 unspecified atom stereocenters. The van der Waals surface area contributed by atoms with Crippen molar-refractivity contribution in [2.24, 2.45) is 5.10 Å². The zero-order valence-electron chi connectivity index (χ0n) is 11.5. The van der Waals surface area contributed by atoms with Crippen molar-refractivity contribution in [3.05, 3.63) is 72.2 Å². The Morgan fingerprint density at radius 1 is 1.00 bits per heavy atom. The third kappa shape index (κ3) is 3.29. The smallest absolute Gasteiger partial charge is 0.244 e. The molecule has 0 saturated heterocycles. The van der Waals surface area contributed by atoms with Crippen LogP contribution in [0.25, 0.3) is 11.3 Å². The molecule has 1 N–H and O–H groups in total. The molecule has 0 amide bonds. The third-order valence-electron chi connectivity index (χ3n) is 2.90. The molecule has 0 aliphatic rings. The summed E-state index contributed by atoms with van der Waals surface area (Å²) in [4.78, 5) is 4.30. The van der Waals surface area contributed by atoms with Crippen LogP contribution in [0.2, 0.25) is 0 Å². The van der Waals surface area contributed by atoms with E-state index in [1.165, 1.54) is 12.3 Å². The highest BCUT2D eigenvalue weighted by atomic mass is 19.1. The second-order valence-electron chi connectivity index (χ2n) is 4.42. The van der Waals surface area contributed by atoms with Gasteiger partial charge in [0.05, 0.1) is 18.1 Å². The summed E-state index contributed by atoms with van der Waals surface area (Å²) in [5, 5.41) is 11.6. The molecule has 0 aliphatic carbocycles. The number of hydrogen-bond acceptors (Lipinski definition) is 5. The van der Waals surface area contributed by atoms with E-state index in [4.69, 9.17) is 0 Å². The summed E-state index contributed by atoms with van der Waals surface area (Å²) >= 11 is 0. The number of nitrogens with one attached hydrogen (secondary N) is 1. The molecule has 0 fully saturated rings. The van der Waals surface area contributed by atoms with Gasteiger partial charge in [-0.15, -0.1) is 5.10 Å². The fraction of sp³-hybridized carbons (Fsp3) is 0. The number of rotatable bonds is 4. The Hall–Kier alpha value is -3.15. The molecule has 3 aromatic rings. The predicted octanol–water partition coefficient (Wildman–Crippen LogP) is 3.12. The van der Waals surface area contributed by atoms with Crippen LogP contribution in [0.1, 0.15) is 5.56 Å². The quantitative estimate of drug-likeness (QED) is 0.593. The molecule has 3 rings (SSSR count). The standard InChI is InChI=1S/C16H12FN5/c17-14-9-5-4-8-13(14)10-18-21-16-20-15(11-19-22-16)12-6-2-1-3-7-12/h1-11H,(H,20,21,22)/b18-10+. The lowest BCUT2D eigenvalue weighted by molar-refractivity contribution is 0.626. The molecule has 0 saturated carbocycles. The van der Waals surface area contributed by atoms with Crippen molar-refractivity contribution < 1.29 is 4.39 Å². The van der Waals surface area contributed by atoms with Gasteiger partial charge in [0.2, 0.25) is 0 Å². The molecule has 0 atom stereocenters. The van der Waals surface area contributed by atoms with Gasteiger partial charge in [-0.25, -0.2) is 14.8 Å². The first-order chi connectivity index (χ1) is 10.8. The summed E-state index contributed by atoms with van der Waals surface area (Å²) < 4.78 is 13.4. The van der Waals surface area contributed by atoms with E-state index < -0.39 is 0 Å². The maximum absolute atomic E-state index is 13.4. The number of hydrogen-bond donors (Lipinski definition) is 1.